The molecule has 0 aromatic carbocycles. The number of hydrogen-bond acceptors (Lipinski definition) is 6. The van der Waals surface area contributed by atoms with Gasteiger partial charge in [-0.3, -0.25) is 4.79 Å². The van der Waals surface area contributed by atoms with Crippen molar-refractivity contribution in [2.24, 2.45) is 0 Å². The van der Waals surface area contributed by atoms with Crippen molar-refractivity contribution in [3.05, 3.63) is 0 Å². The third kappa shape index (κ3) is 11.7. The summed E-state index contributed by atoms with van der Waals surface area (Å²) in [7, 11) is 4.91. The Labute approximate surface area is 135 Å². The smallest absolute Gasteiger partial charge is 0.409 e. The van der Waals surface area contributed by atoms with E-state index in [4.69, 9.17) is 9.47 Å². The lowest BCUT2D eigenvalue weighted by Gasteiger charge is -2.22. The molecule has 21 heavy (non-hydrogen) atoms. The van der Waals surface area contributed by atoms with E-state index in [-0.39, 0.29) is 16.8 Å². The van der Waals surface area contributed by atoms with Crippen molar-refractivity contribution in [3.63, 3.8) is 0 Å². The van der Waals surface area contributed by atoms with Gasteiger partial charge in [0.15, 0.2) is 0 Å². The van der Waals surface area contributed by atoms with Crippen LogP contribution in [-0.2, 0) is 14.3 Å². The molecule has 0 heterocycles. The molecule has 0 N–H and O–H groups in total. The minimum absolute atomic E-state index is 0.199. The quantitative estimate of drug-likeness (QED) is 0.364. The zero-order valence-electron chi connectivity index (χ0n) is 13.6. The van der Waals surface area contributed by atoms with E-state index < -0.39 is 0 Å². The molecule has 124 valence electrons. The summed E-state index contributed by atoms with van der Waals surface area (Å²) in [6, 6.07) is 0. The molecular weight excluding hydrogens is 310 g/mol. The predicted molar refractivity (Wildman–Crippen MR) is 89.6 cm³/mol. The number of ether oxygens (including phenoxy) is 2. The molecule has 0 saturated heterocycles. The fraction of sp³-hybridized carbons (Fsp3) is 0.857. The molecule has 0 fully saturated rings. The third-order valence-corrected chi connectivity index (χ3v) is 5.62. The van der Waals surface area contributed by atoms with E-state index >= 15 is 0 Å². The SMILES string of the molecule is CCOC(=O)CCCN(CCSSC(C)(C)C)C(=O)OC. The average molecular weight is 338 g/mol. The first-order valence-electron chi connectivity index (χ1n) is 7.09. The Bertz CT molecular complexity index is 319. The lowest BCUT2D eigenvalue weighted by Crippen LogP contribution is -2.34. The minimum atomic E-state index is -0.347. The van der Waals surface area contributed by atoms with E-state index in [2.05, 4.69) is 20.8 Å². The molecule has 7 heteroatoms. The van der Waals surface area contributed by atoms with Crippen LogP contribution in [0.5, 0.6) is 0 Å². The van der Waals surface area contributed by atoms with Crippen molar-refractivity contribution in [1.29, 1.82) is 0 Å². The van der Waals surface area contributed by atoms with Crippen LogP contribution < -0.4 is 0 Å². The molecule has 0 unspecified atom stereocenters. The molecule has 0 atom stereocenters. The summed E-state index contributed by atoms with van der Waals surface area (Å²) in [6.07, 6.45) is 0.566. The third-order valence-electron chi connectivity index (χ3n) is 2.30. The van der Waals surface area contributed by atoms with Crippen molar-refractivity contribution in [2.75, 3.05) is 32.6 Å². The van der Waals surface area contributed by atoms with Crippen LogP contribution in [0.1, 0.15) is 40.5 Å². The number of hydrogen-bond donors (Lipinski definition) is 0. The number of amides is 1. The number of carbonyl (C=O) groups is 2. The second-order valence-corrected chi connectivity index (χ2v) is 8.63. The topological polar surface area (TPSA) is 55.8 Å². The summed E-state index contributed by atoms with van der Waals surface area (Å²) in [6.45, 7) is 9.75. The first kappa shape index (κ1) is 20.4. The summed E-state index contributed by atoms with van der Waals surface area (Å²) in [5, 5.41) is 0. The van der Waals surface area contributed by atoms with Crippen LogP contribution in [0.4, 0.5) is 4.79 Å². The van der Waals surface area contributed by atoms with Gasteiger partial charge in [-0.2, -0.15) is 0 Å². The van der Waals surface area contributed by atoms with Gasteiger partial charge in [0.05, 0.1) is 13.7 Å². The number of methoxy groups -OCH3 is 1. The molecule has 0 aliphatic rings. The van der Waals surface area contributed by atoms with Crippen LogP contribution in [0, 0.1) is 0 Å². The zero-order chi connectivity index (χ0) is 16.3. The molecule has 0 spiro atoms. The number of carbonyl (C=O) groups excluding carboxylic acids is 2. The molecule has 1 amide bonds. The van der Waals surface area contributed by atoms with Gasteiger partial charge < -0.3 is 14.4 Å². The first-order chi connectivity index (χ1) is 9.80. The van der Waals surface area contributed by atoms with Crippen molar-refractivity contribution in [2.45, 2.75) is 45.3 Å². The lowest BCUT2D eigenvalue weighted by atomic mass is 10.3. The van der Waals surface area contributed by atoms with Gasteiger partial charge in [-0.05, 0) is 13.3 Å². The highest BCUT2D eigenvalue weighted by atomic mass is 33.1. The fourth-order valence-corrected chi connectivity index (χ4v) is 3.70. The molecule has 0 aromatic rings. The maximum absolute atomic E-state index is 11.7. The number of nitrogens with zero attached hydrogens (tertiary/aromatic N) is 1. The van der Waals surface area contributed by atoms with Crippen LogP contribution in [-0.4, -0.2) is 54.3 Å². The largest absolute Gasteiger partial charge is 0.466 e. The molecule has 0 aromatic heterocycles. The Balaban J connectivity index is 4.04. The summed E-state index contributed by atoms with van der Waals surface area (Å²) >= 11 is 0. The maximum Gasteiger partial charge on any atom is 0.409 e. The minimum Gasteiger partial charge on any atom is -0.466 e. The normalized spacial score (nSPS) is 11.1. The lowest BCUT2D eigenvalue weighted by molar-refractivity contribution is -0.143. The molecule has 0 radical (unpaired) electrons. The Morgan fingerprint density at radius 1 is 1.19 bits per heavy atom. The molecule has 0 bridgehead atoms. The first-order valence-corrected chi connectivity index (χ1v) is 9.41. The van der Waals surface area contributed by atoms with E-state index in [9.17, 15) is 9.59 Å². The predicted octanol–water partition coefficient (Wildman–Crippen LogP) is 3.58. The summed E-state index contributed by atoms with van der Waals surface area (Å²) in [5.74, 6) is 0.608. The van der Waals surface area contributed by atoms with Crippen molar-refractivity contribution < 1.29 is 19.1 Å². The van der Waals surface area contributed by atoms with Crippen LogP contribution in [0.2, 0.25) is 0 Å². The Morgan fingerprint density at radius 2 is 1.86 bits per heavy atom. The maximum atomic E-state index is 11.7. The van der Waals surface area contributed by atoms with Gasteiger partial charge >= 0.3 is 12.1 Å². The Morgan fingerprint density at radius 3 is 2.38 bits per heavy atom. The second kappa shape index (κ2) is 11.1. The van der Waals surface area contributed by atoms with Crippen LogP contribution >= 0.6 is 21.6 Å². The standard InChI is InChI=1S/C14H27NO4S2/c1-6-19-12(16)8-7-9-15(13(17)18-5)10-11-20-21-14(2,3)4/h6-11H2,1-5H3. The van der Waals surface area contributed by atoms with Crippen molar-refractivity contribution >= 4 is 33.7 Å². The van der Waals surface area contributed by atoms with Gasteiger partial charge in [-0.15, -0.1) is 0 Å². The van der Waals surface area contributed by atoms with Crippen LogP contribution in [0.25, 0.3) is 0 Å². The van der Waals surface area contributed by atoms with Gasteiger partial charge in [0.1, 0.15) is 0 Å². The molecule has 5 nitrogen and oxygen atoms in total. The molecule has 0 aliphatic carbocycles. The van der Waals surface area contributed by atoms with Crippen LogP contribution in [0.3, 0.4) is 0 Å². The van der Waals surface area contributed by atoms with Gasteiger partial charge in [0.25, 0.3) is 0 Å². The average Bonchev–Trinajstić information content (AvgIpc) is 2.39. The van der Waals surface area contributed by atoms with E-state index in [0.717, 1.165) is 5.75 Å². The van der Waals surface area contributed by atoms with E-state index in [1.165, 1.54) is 7.11 Å². The summed E-state index contributed by atoms with van der Waals surface area (Å²) < 4.78 is 9.83. The molecular formula is C14H27NO4S2. The van der Waals surface area contributed by atoms with Crippen molar-refractivity contribution in [1.82, 2.24) is 4.90 Å². The van der Waals surface area contributed by atoms with Gasteiger partial charge in [-0.25, -0.2) is 4.79 Å². The monoisotopic (exact) mass is 337 g/mol. The number of esters is 1. The summed E-state index contributed by atoms with van der Waals surface area (Å²) in [5.41, 5.74) is 0. The van der Waals surface area contributed by atoms with E-state index in [1.54, 1.807) is 33.4 Å². The van der Waals surface area contributed by atoms with Crippen LogP contribution in [0.15, 0.2) is 0 Å². The van der Waals surface area contributed by atoms with E-state index in [0.29, 0.717) is 32.5 Å². The molecule has 0 aliphatic heterocycles. The number of rotatable bonds is 9. The highest BCUT2D eigenvalue weighted by molar-refractivity contribution is 8.77. The zero-order valence-corrected chi connectivity index (χ0v) is 15.3. The molecule has 0 saturated carbocycles. The molecule has 0 rings (SSSR count). The van der Waals surface area contributed by atoms with Crippen molar-refractivity contribution in [3.8, 4) is 0 Å². The fourth-order valence-electron chi connectivity index (χ4n) is 1.44. The van der Waals surface area contributed by atoms with Gasteiger partial charge in [0.2, 0.25) is 0 Å². The highest BCUT2D eigenvalue weighted by Crippen LogP contribution is 2.34. The van der Waals surface area contributed by atoms with Gasteiger partial charge in [-0.1, -0.05) is 42.4 Å². The van der Waals surface area contributed by atoms with Gasteiger partial charge in [0, 0.05) is 30.0 Å². The Hall–Kier alpha value is -0.560. The second-order valence-electron chi connectivity index (χ2n) is 5.38. The summed E-state index contributed by atoms with van der Waals surface area (Å²) in [4.78, 5) is 24.6. The highest BCUT2D eigenvalue weighted by Gasteiger charge is 2.16. The van der Waals surface area contributed by atoms with E-state index in [1.807, 2.05) is 0 Å². The Kier molecular flexibility index (Phi) is 10.8.